The SMILES string of the molecule is NC(CC(=O)O)C(N)(N)C1(C2(C(=O)O)CC2)CC1. The number of carbonyl (C=O) groups is 2. The molecule has 0 aliphatic heterocycles. The Morgan fingerprint density at radius 2 is 1.67 bits per heavy atom. The van der Waals surface area contributed by atoms with Crippen LogP contribution in [0.25, 0.3) is 0 Å². The normalized spacial score (nSPS) is 25.3. The lowest BCUT2D eigenvalue weighted by Gasteiger charge is -2.42. The third-order valence-corrected chi connectivity index (χ3v) is 4.66. The summed E-state index contributed by atoms with van der Waals surface area (Å²) in [5, 5.41) is 18.1. The Bertz CT molecular complexity index is 399. The van der Waals surface area contributed by atoms with Gasteiger partial charge in [-0.15, -0.1) is 0 Å². The van der Waals surface area contributed by atoms with Crippen molar-refractivity contribution in [2.24, 2.45) is 28.0 Å². The van der Waals surface area contributed by atoms with Gasteiger partial charge < -0.3 is 27.4 Å². The van der Waals surface area contributed by atoms with Crippen LogP contribution in [-0.2, 0) is 9.59 Å². The Morgan fingerprint density at radius 3 is 1.94 bits per heavy atom. The van der Waals surface area contributed by atoms with Crippen molar-refractivity contribution in [3.8, 4) is 0 Å². The molecule has 0 aromatic rings. The standard InChI is InChI=1S/C11H19N3O4/c12-6(5-7(15)16)11(13,14)10(3-4-10)9(1-2-9)8(17)18/h6H,1-5,12-14H2,(H,15,16)(H,17,18). The first-order valence-electron chi connectivity index (χ1n) is 5.98. The summed E-state index contributed by atoms with van der Waals surface area (Å²) in [6.45, 7) is 0. The van der Waals surface area contributed by atoms with Crippen molar-refractivity contribution < 1.29 is 19.8 Å². The van der Waals surface area contributed by atoms with E-state index in [9.17, 15) is 14.7 Å². The van der Waals surface area contributed by atoms with Crippen molar-refractivity contribution in [3.63, 3.8) is 0 Å². The first-order chi connectivity index (χ1) is 8.19. The maximum absolute atomic E-state index is 11.4. The fourth-order valence-electron chi connectivity index (χ4n) is 3.19. The smallest absolute Gasteiger partial charge is 0.310 e. The Balaban J connectivity index is 2.24. The van der Waals surface area contributed by atoms with E-state index in [0.717, 1.165) is 0 Å². The zero-order valence-corrected chi connectivity index (χ0v) is 10.1. The van der Waals surface area contributed by atoms with Gasteiger partial charge in [0.05, 0.1) is 17.5 Å². The molecule has 2 aliphatic rings. The van der Waals surface area contributed by atoms with Crippen LogP contribution in [0.15, 0.2) is 0 Å². The van der Waals surface area contributed by atoms with Crippen molar-refractivity contribution in [1.82, 2.24) is 0 Å². The number of hydrogen-bond donors (Lipinski definition) is 5. The minimum Gasteiger partial charge on any atom is -0.481 e. The Kier molecular flexibility index (Phi) is 2.69. The summed E-state index contributed by atoms with van der Waals surface area (Å²) in [6, 6.07) is -0.950. The lowest BCUT2D eigenvalue weighted by Crippen LogP contribution is -2.70. The molecule has 0 spiro atoms. The van der Waals surface area contributed by atoms with E-state index < -0.39 is 34.5 Å². The summed E-state index contributed by atoms with van der Waals surface area (Å²) < 4.78 is 0. The summed E-state index contributed by atoms with van der Waals surface area (Å²) in [5.41, 5.74) is 14.8. The number of nitrogens with two attached hydrogens (primary N) is 3. The van der Waals surface area contributed by atoms with Gasteiger partial charge in [-0.2, -0.15) is 0 Å². The van der Waals surface area contributed by atoms with Crippen LogP contribution in [0.1, 0.15) is 32.1 Å². The maximum atomic E-state index is 11.4. The second kappa shape index (κ2) is 3.66. The van der Waals surface area contributed by atoms with E-state index in [1.165, 1.54) is 0 Å². The summed E-state index contributed by atoms with van der Waals surface area (Å²) in [5.74, 6) is -1.98. The fraction of sp³-hybridized carbons (Fsp3) is 0.818. The maximum Gasteiger partial charge on any atom is 0.310 e. The first-order valence-corrected chi connectivity index (χ1v) is 5.98. The zero-order chi connectivity index (χ0) is 13.8. The van der Waals surface area contributed by atoms with Crippen LogP contribution in [0.4, 0.5) is 0 Å². The molecular weight excluding hydrogens is 238 g/mol. The molecule has 2 rings (SSSR count). The monoisotopic (exact) mass is 257 g/mol. The molecule has 0 radical (unpaired) electrons. The van der Waals surface area contributed by atoms with Gasteiger partial charge in [-0.3, -0.25) is 9.59 Å². The minimum absolute atomic E-state index is 0.357. The minimum atomic E-state index is -1.46. The van der Waals surface area contributed by atoms with E-state index in [4.69, 9.17) is 22.3 Å². The molecule has 2 aliphatic carbocycles. The van der Waals surface area contributed by atoms with Crippen LogP contribution in [0.3, 0.4) is 0 Å². The predicted octanol–water partition coefficient (Wildman–Crippen LogP) is -0.953. The van der Waals surface area contributed by atoms with Crippen molar-refractivity contribution in [1.29, 1.82) is 0 Å². The van der Waals surface area contributed by atoms with Crippen LogP contribution < -0.4 is 17.2 Å². The van der Waals surface area contributed by atoms with Crippen molar-refractivity contribution in [3.05, 3.63) is 0 Å². The van der Waals surface area contributed by atoms with Gasteiger partial charge in [0, 0.05) is 11.5 Å². The van der Waals surface area contributed by atoms with Crippen molar-refractivity contribution in [2.45, 2.75) is 43.8 Å². The van der Waals surface area contributed by atoms with Crippen molar-refractivity contribution >= 4 is 11.9 Å². The van der Waals surface area contributed by atoms with Gasteiger partial charge in [-0.1, -0.05) is 0 Å². The highest BCUT2D eigenvalue weighted by molar-refractivity contribution is 5.80. The second-order valence-corrected chi connectivity index (χ2v) is 5.61. The number of rotatable bonds is 6. The lowest BCUT2D eigenvalue weighted by atomic mass is 9.72. The van der Waals surface area contributed by atoms with Gasteiger partial charge >= 0.3 is 11.9 Å². The summed E-state index contributed by atoms with van der Waals surface area (Å²) in [4.78, 5) is 22.1. The molecule has 1 atom stereocenters. The molecule has 2 fully saturated rings. The van der Waals surface area contributed by atoms with Crippen LogP contribution in [0, 0.1) is 10.8 Å². The molecule has 1 unspecified atom stereocenters. The Morgan fingerprint density at radius 1 is 1.17 bits per heavy atom. The van der Waals surface area contributed by atoms with E-state index in [1.54, 1.807) is 0 Å². The van der Waals surface area contributed by atoms with E-state index >= 15 is 0 Å². The summed E-state index contributed by atoms with van der Waals surface area (Å²) in [6.07, 6.45) is 1.92. The van der Waals surface area contributed by atoms with Gasteiger partial charge in [-0.05, 0) is 25.7 Å². The number of carboxylic acid groups (broad SMARTS) is 2. The second-order valence-electron chi connectivity index (χ2n) is 5.61. The summed E-state index contributed by atoms with van der Waals surface area (Å²) in [7, 11) is 0. The molecule has 8 N–H and O–H groups in total. The third kappa shape index (κ3) is 1.54. The Hall–Kier alpha value is -1.18. The highest BCUT2D eigenvalue weighted by atomic mass is 16.4. The quantitative estimate of drug-likeness (QED) is 0.384. The van der Waals surface area contributed by atoms with E-state index in [1.807, 2.05) is 0 Å². The molecule has 0 saturated heterocycles. The van der Waals surface area contributed by atoms with E-state index in [2.05, 4.69) is 0 Å². The number of hydrogen-bond acceptors (Lipinski definition) is 5. The van der Waals surface area contributed by atoms with Crippen LogP contribution in [-0.4, -0.2) is 33.9 Å². The molecule has 0 aromatic carbocycles. The third-order valence-electron chi connectivity index (χ3n) is 4.66. The average molecular weight is 257 g/mol. The molecule has 7 heteroatoms. The van der Waals surface area contributed by atoms with Gasteiger partial charge in [0.1, 0.15) is 0 Å². The predicted molar refractivity (Wildman–Crippen MR) is 62.3 cm³/mol. The molecule has 0 amide bonds. The summed E-state index contributed by atoms with van der Waals surface area (Å²) >= 11 is 0. The number of carboxylic acids is 2. The number of aliphatic carboxylic acids is 2. The van der Waals surface area contributed by atoms with Gasteiger partial charge in [0.25, 0.3) is 0 Å². The lowest BCUT2D eigenvalue weighted by molar-refractivity contribution is -0.148. The average Bonchev–Trinajstić information content (AvgIpc) is 3.09. The molecular formula is C11H19N3O4. The molecule has 7 nitrogen and oxygen atoms in total. The van der Waals surface area contributed by atoms with Gasteiger partial charge in [-0.25, -0.2) is 0 Å². The molecule has 18 heavy (non-hydrogen) atoms. The first kappa shape index (κ1) is 13.3. The molecule has 0 aromatic heterocycles. The van der Waals surface area contributed by atoms with Crippen molar-refractivity contribution in [2.75, 3.05) is 0 Å². The highest BCUT2D eigenvalue weighted by Crippen LogP contribution is 2.73. The molecule has 0 heterocycles. The molecule has 0 bridgehead atoms. The topological polar surface area (TPSA) is 153 Å². The Labute approximate surface area is 104 Å². The van der Waals surface area contributed by atoms with Crippen LogP contribution in [0.2, 0.25) is 0 Å². The van der Waals surface area contributed by atoms with E-state index in [-0.39, 0.29) is 6.42 Å². The largest absolute Gasteiger partial charge is 0.481 e. The van der Waals surface area contributed by atoms with Crippen LogP contribution in [0.5, 0.6) is 0 Å². The van der Waals surface area contributed by atoms with Gasteiger partial charge in [0.15, 0.2) is 0 Å². The fourth-order valence-corrected chi connectivity index (χ4v) is 3.19. The molecule has 2 saturated carbocycles. The van der Waals surface area contributed by atoms with Crippen LogP contribution >= 0.6 is 0 Å². The van der Waals surface area contributed by atoms with Gasteiger partial charge in [0.2, 0.25) is 0 Å². The van der Waals surface area contributed by atoms with E-state index in [0.29, 0.717) is 25.7 Å². The highest BCUT2D eigenvalue weighted by Gasteiger charge is 2.76. The molecule has 102 valence electrons. The zero-order valence-electron chi connectivity index (χ0n) is 10.1.